The fourth-order valence-electron chi connectivity index (χ4n) is 3.77. The molecule has 0 aromatic carbocycles. The SMILES string of the molecule is CC1(CN2CCC(CNC3CC3)C2)CCCC1. The second-order valence-corrected chi connectivity index (χ2v) is 7.09. The third-order valence-electron chi connectivity index (χ3n) is 5.06. The summed E-state index contributed by atoms with van der Waals surface area (Å²) in [6.45, 7) is 7.86. The van der Waals surface area contributed by atoms with Crippen molar-refractivity contribution in [1.29, 1.82) is 0 Å². The van der Waals surface area contributed by atoms with E-state index in [4.69, 9.17) is 0 Å². The van der Waals surface area contributed by atoms with Gasteiger partial charge in [0.05, 0.1) is 0 Å². The first kappa shape index (κ1) is 12.0. The number of hydrogen-bond donors (Lipinski definition) is 1. The van der Waals surface area contributed by atoms with E-state index in [0.717, 1.165) is 12.0 Å². The Morgan fingerprint density at radius 3 is 2.65 bits per heavy atom. The number of hydrogen-bond acceptors (Lipinski definition) is 2. The van der Waals surface area contributed by atoms with Crippen LogP contribution in [0.5, 0.6) is 0 Å². The summed E-state index contributed by atoms with van der Waals surface area (Å²) in [5.41, 5.74) is 0.652. The summed E-state index contributed by atoms with van der Waals surface area (Å²) in [6.07, 6.45) is 10.1. The molecule has 3 fully saturated rings. The summed E-state index contributed by atoms with van der Waals surface area (Å²) in [5.74, 6) is 0.931. The molecule has 1 unspecified atom stereocenters. The van der Waals surface area contributed by atoms with E-state index in [2.05, 4.69) is 17.1 Å². The lowest BCUT2D eigenvalue weighted by Crippen LogP contribution is -2.34. The highest BCUT2D eigenvalue weighted by Gasteiger charge is 2.33. The molecule has 1 aliphatic heterocycles. The van der Waals surface area contributed by atoms with Gasteiger partial charge >= 0.3 is 0 Å². The van der Waals surface area contributed by atoms with E-state index in [1.165, 1.54) is 71.1 Å². The van der Waals surface area contributed by atoms with Crippen LogP contribution >= 0.6 is 0 Å². The predicted molar refractivity (Wildman–Crippen MR) is 72.1 cm³/mol. The molecule has 1 atom stereocenters. The molecular formula is C15H28N2. The first-order valence-electron chi connectivity index (χ1n) is 7.69. The van der Waals surface area contributed by atoms with Gasteiger partial charge in [-0.05, 0) is 56.5 Å². The highest BCUT2D eigenvalue weighted by atomic mass is 15.2. The zero-order valence-corrected chi connectivity index (χ0v) is 11.4. The van der Waals surface area contributed by atoms with Crippen LogP contribution in [0.15, 0.2) is 0 Å². The van der Waals surface area contributed by atoms with E-state index >= 15 is 0 Å². The molecule has 2 saturated carbocycles. The van der Waals surface area contributed by atoms with E-state index in [9.17, 15) is 0 Å². The standard InChI is InChI=1S/C15H28N2/c1-15(7-2-3-8-15)12-17-9-6-13(11-17)10-16-14-4-5-14/h13-14,16H,2-12H2,1H3. The molecule has 1 saturated heterocycles. The second-order valence-electron chi connectivity index (χ2n) is 7.09. The average Bonchev–Trinajstić information content (AvgIpc) is 2.89. The summed E-state index contributed by atoms with van der Waals surface area (Å²) in [6, 6.07) is 0.886. The Morgan fingerprint density at radius 1 is 1.18 bits per heavy atom. The van der Waals surface area contributed by atoms with E-state index in [1.807, 2.05) is 0 Å². The molecule has 2 nitrogen and oxygen atoms in total. The van der Waals surface area contributed by atoms with Gasteiger partial charge in [0.15, 0.2) is 0 Å². The van der Waals surface area contributed by atoms with Crippen LogP contribution < -0.4 is 5.32 Å². The van der Waals surface area contributed by atoms with Crippen LogP contribution in [0, 0.1) is 11.3 Å². The van der Waals surface area contributed by atoms with E-state index in [-0.39, 0.29) is 0 Å². The van der Waals surface area contributed by atoms with Crippen molar-refractivity contribution in [1.82, 2.24) is 10.2 Å². The van der Waals surface area contributed by atoms with E-state index in [1.54, 1.807) is 0 Å². The minimum atomic E-state index is 0.652. The minimum Gasteiger partial charge on any atom is -0.314 e. The molecule has 0 aromatic rings. The molecule has 0 spiro atoms. The Kier molecular flexibility index (Phi) is 3.45. The number of nitrogens with one attached hydrogen (secondary N) is 1. The van der Waals surface area contributed by atoms with Crippen molar-refractivity contribution in [2.45, 2.75) is 57.9 Å². The first-order valence-corrected chi connectivity index (χ1v) is 7.69. The van der Waals surface area contributed by atoms with Crippen molar-refractivity contribution >= 4 is 0 Å². The molecule has 0 bridgehead atoms. The maximum Gasteiger partial charge on any atom is 0.00683 e. The highest BCUT2D eigenvalue weighted by Crippen LogP contribution is 2.39. The summed E-state index contributed by atoms with van der Waals surface area (Å²) < 4.78 is 0. The lowest BCUT2D eigenvalue weighted by Gasteiger charge is -2.29. The average molecular weight is 236 g/mol. The molecule has 98 valence electrons. The normalized spacial score (nSPS) is 33.4. The highest BCUT2D eigenvalue weighted by molar-refractivity contribution is 4.88. The van der Waals surface area contributed by atoms with Gasteiger partial charge in [0.2, 0.25) is 0 Å². The number of likely N-dealkylation sites (tertiary alicyclic amines) is 1. The van der Waals surface area contributed by atoms with Crippen LogP contribution in [-0.2, 0) is 0 Å². The molecule has 0 radical (unpaired) electrons. The minimum absolute atomic E-state index is 0.652. The molecule has 3 aliphatic rings. The zero-order chi connectivity index (χ0) is 11.7. The molecule has 2 aliphatic carbocycles. The van der Waals surface area contributed by atoms with Crippen LogP contribution in [0.3, 0.4) is 0 Å². The van der Waals surface area contributed by atoms with Crippen molar-refractivity contribution in [2.75, 3.05) is 26.2 Å². The van der Waals surface area contributed by atoms with Gasteiger partial charge in [-0.1, -0.05) is 19.8 Å². The summed E-state index contributed by atoms with van der Waals surface area (Å²) in [4.78, 5) is 2.74. The monoisotopic (exact) mass is 236 g/mol. The Hall–Kier alpha value is -0.0800. The third-order valence-corrected chi connectivity index (χ3v) is 5.06. The fraction of sp³-hybridized carbons (Fsp3) is 1.00. The van der Waals surface area contributed by atoms with Gasteiger partial charge in [0.25, 0.3) is 0 Å². The predicted octanol–water partition coefficient (Wildman–Crippen LogP) is 2.64. The topological polar surface area (TPSA) is 15.3 Å². The van der Waals surface area contributed by atoms with Crippen molar-refractivity contribution < 1.29 is 0 Å². The molecule has 1 N–H and O–H groups in total. The maximum absolute atomic E-state index is 3.70. The lowest BCUT2D eigenvalue weighted by atomic mass is 9.88. The smallest absolute Gasteiger partial charge is 0.00683 e. The van der Waals surface area contributed by atoms with Crippen molar-refractivity contribution in [2.24, 2.45) is 11.3 Å². The van der Waals surface area contributed by atoms with Gasteiger partial charge in [0.1, 0.15) is 0 Å². The molecule has 0 aromatic heterocycles. The van der Waals surface area contributed by atoms with Gasteiger partial charge in [-0.2, -0.15) is 0 Å². The van der Waals surface area contributed by atoms with E-state index < -0.39 is 0 Å². The van der Waals surface area contributed by atoms with Crippen LogP contribution in [0.1, 0.15) is 51.9 Å². The van der Waals surface area contributed by atoms with Crippen molar-refractivity contribution in [3.05, 3.63) is 0 Å². The Labute approximate surface area is 106 Å². The van der Waals surface area contributed by atoms with E-state index in [0.29, 0.717) is 5.41 Å². The molecule has 17 heavy (non-hydrogen) atoms. The van der Waals surface area contributed by atoms with Gasteiger partial charge in [-0.25, -0.2) is 0 Å². The largest absolute Gasteiger partial charge is 0.314 e. The number of nitrogens with zero attached hydrogens (tertiary/aromatic N) is 1. The van der Waals surface area contributed by atoms with Gasteiger partial charge in [-0.15, -0.1) is 0 Å². The molecule has 0 amide bonds. The molecule has 1 heterocycles. The third kappa shape index (κ3) is 3.23. The molecule has 2 heteroatoms. The van der Waals surface area contributed by atoms with Gasteiger partial charge in [0, 0.05) is 19.1 Å². The van der Waals surface area contributed by atoms with Crippen LogP contribution in [0.25, 0.3) is 0 Å². The zero-order valence-electron chi connectivity index (χ0n) is 11.4. The lowest BCUT2D eigenvalue weighted by molar-refractivity contribution is 0.191. The van der Waals surface area contributed by atoms with Gasteiger partial charge in [-0.3, -0.25) is 0 Å². The first-order chi connectivity index (χ1) is 8.23. The summed E-state index contributed by atoms with van der Waals surface area (Å²) in [5, 5.41) is 3.70. The Bertz CT molecular complexity index is 254. The van der Waals surface area contributed by atoms with Crippen LogP contribution in [0.4, 0.5) is 0 Å². The molecular weight excluding hydrogens is 208 g/mol. The summed E-state index contributed by atoms with van der Waals surface area (Å²) in [7, 11) is 0. The summed E-state index contributed by atoms with van der Waals surface area (Å²) >= 11 is 0. The fourth-order valence-corrected chi connectivity index (χ4v) is 3.77. The van der Waals surface area contributed by atoms with Crippen LogP contribution in [-0.4, -0.2) is 37.1 Å². The number of rotatable bonds is 5. The van der Waals surface area contributed by atoms with Crippen LogP contribution in [0.2, 0.25) is 0 Å². The Balaban J connectivity index is 1.40. The maximum atomic E-state index is 3.70. The van der Waals surface area contributed by atoms with Gasteiger partial charge < -0.3 is 10.2 Å². The second kappa shape index (κ2) is 4.89. The van der Waals surface area contributed by atoms with Crippen molar-refractivity contribution in [3.8, 4) is 0 Å². The molecule has 3 rings (SSSR count). The quantitative estimate of drug-likeness (QED) is 0.789. The van der Waals surface area contributed by atoms with Crippen molar-refractivity contribution in [3.63, 3.8) is 0 Å². The Morgan fingerprint density at radius 2 is 1.94 bits per heavy atom.